The Morgan fingerprint density at radius 1 is 1.18 bits per heavy atom. The largest absolute Gasteiger partial charge is 0.496 e. The normalized spacial score (nSPS) is 13.7. The van der Waals surface area contributed by atoms with Crippen LogP contribution in [0.4, 0.5) is 11.5 Å². The summed E-state index contributed by atoms with van der Waals surface area (Å²) in [5, 5.41) is 2.93. The smallest absolute Gasteiger partial charge is 0.275 e. The molecule has 5 rings (SSSR count). The topological polar surface area (TPSA) is 89.5 Å². The van der Waals surface area contributed by atoms with Gasteiger partial charge >= 0.3 is 0 Å². The maximum atomic E-state index is 12.8. The molecular weight excluding hydrogens is 470 g/mol. The Hall–Kier alpha value is -3.21. The zero-order valence-electron chi connectivity index (χ0n) is 18.6. The number of thiazole rings is 1. The highest BCUT2D eigenvalue weighted by atomic mass is 32.2. The number of rotatable bonds is 7. The molecule has 1 aliphatic heterocycles. The molecule has 174 valence electrons. The quantitative estimate of drug-likeness (QED) is 0.377. The number of methoxy groups -OCH3 is 1. The maximum absolute atomic E-state index is 12.8. The molecule has 1 N–H and O–H groups in total. The number of fused-ring (bicyclic) bond motifs is 1. The van der Waals surface area contributed by atoms with Crippen LogP contribution in [0.1, 0.15) is 16.1 Å². The van der Waals surface area contributed by atoms with Gasteiger partial charge in [-0.2, -0.15) is 0 Å². The van der Waals surface area contributed by atoms with Crippen molar-refractivity contribution in [1.82, 2.24) is 15.0 Å². The van der Waals surface area contributed by atoms with Crippen LogP contribution in [0.5, 0.6) is 5.75 Å². The Balaban J connectivity index is 1.27. The highest BCUT2D eigenvalue weighted by molar-refractivity contribution is 8.00. The molecule has 2 aromatic heterocycles. The van der Waals surface area contributed by atoms with Crippen molar-refractivity contribution in [3.05, 3.63) is 66.1 Å². The second kappa shape index (κ2) is 10.4. The van der Waals surface area contributed by atoms with Gasteiger partial charge in [-0.3, -0.25) is 9.78 Å². The van der Waals surface area contributed by atoms with Gasteiger partial charge in [-0.15, -0.1) is 11.3 Å². The zero-order chi connectivity index (χ0) is 23.3. The first-order valence-corrected chi connectivity index (χ1v) is 12.6. The van der Waals surface area contributed by atoms with Crippen molar-refractivity contribution in [2.45, 2.75) is 10.1 Å². The summed E-state index contributed by atoms with van der Waals surface area (Å²) >= 11 is 3.27. The lowest BCUT2D eigenvalue weighted by Crippen LogP contribution is -2.37. The molecule has 34 heavy (non-hydrogen) atoms. The van der Waals surface area contributed by atoms with Gasteiger partial charge in [0.05, 0.1) is 42.9 Å². The summed E-state index contributed by atoms with van der Waals surface area (Å²) in [5.74, 6) is 2.04. The van der Waals surface area contributed by atoms with E-state index in [1.807, 2.05) is 36.4 Å². The second-order valence-corrected chi connectivity index (χ2v) is 9.83. The number of carbonyl (C=O) groups excluding carboxylic acids is 1. The number of para-hydroxylation sites is 1. The number of thioether (sulfide) groups is 1. The first kappa shape index (κ1) is 22.6. The Labute approximate surface area is 205 Å². The molecule has 1 saturated heterocycles. The summed E-state index contributed by atoms with van der Waals surface area (Å²) in [4.78, 5) is 28.3. The van der Waals surface area contributed by atoms with Gasteiger partial charge in [0.15, 0.2) is 4.34 Å². The van der Waals surface area contributed by atoms with E-state index in [1.165, 1.54) is 6.20 Å². The molecule has 4 aromatic rings. The third-order valence-electron chi connectivity index (χ3n) is 5.36. The van der Waals surface area contributed by atoms with E-state index >= 15 is 0 Å². The number of amides is 1. The Morgan fingerprint density at radius 3 is 2.88 bits per heavy atom. The Bertz CT molecular complexity index is 1310. The van der Waals surface area contributed by atoms with Gasteiger partial charge in [-0.1, -0.05) is 30.0 Å². The summed E-state index contributed by atoms with van der Waals surface area (Å²) in [7, 11) is 1.68. The molecule has 0 atom stereocenters. The minimum absolute atomic E-state index is 0.279. The van der Waals surface area contributed by atoms with Crippen LogP contribution in [0, 0.1) is 0 Å². The molecule has 0 bridgehead atoms. The van der Waals surface area contributed by atoms with Crippen molar-refractivity contribution >= 4 is 50.7 Å². The lowest BCUT2D eigenvalue weighted by atomic mass is 10.2. The number of hydrogen-bond acceptors (Lipinski definition) is 9. The maximum Gasteiger partial charge on any atom is 0.275 e. The van der Waals surface area contributed by atoms with Gasteiger partial charge < -0.3 is 19.7 Å². The summed E-state index contributed by atoms with van der Waals surface area (Å²) in [6, 6.07) is 13.7. The molecule has 0 unspecified atom stereocenters. The van der Waals surface area contributed by atoms with E-state index in [1.54, 1.807) is 36.4 Å². The number of benzene rings is 2. The van der Waals surface area contributed by atoms with E-state index < -0.39 is 0 Å². The van der Waals surface area contributed by atoms with Crippen LogP contribution in [-0.2, 0) is 10.5 Å². The molecule has 0 spiro atoms. The number of nitrogens with one attached hydrogen (secondary N) is 1. The number of carbonyl (C=O) groups is 1. The fourth-order valence-corrected chi connectivity index (χ4v) is 5.71. The first-order chi connectivity index (χ1) is 16.7. The standard InChI is InChI=1S/C24H23N5O3S2/c1-31-20-5-3-2-4-16(20)15-33-24-28-18-7-6-17(12-21(18)34-24)26-23(30)19-13-25-14-22(27-19)29-8-10-32-11-9-29/h2-7,12-14H,8-11,15H2,1H3,(H,26,30). The van der Waals surface area contributed by atoms with Crippen molar-refractivity contribution in [2.75, 3.05) is 43.6 Å². The predicted molar refractivity (Wildman–Crippen MR) is 135 cm³/mol. The van der Waals surface area contributed by atoms with Crippen molar-refractivity contribution in [2.24, 2.45) is 0 Å². The SMILES string of the molecule is COc1ccccc1CSc1nc2ccc(NC(=O)c3cncc(N4CCOCC4)n3)cc2s1. The highest BCUT2D eigenvalue weighted by Gasteiger charge is 2.16. The molecular formula is C24H23N5O3S2. The number of nitrogens with zero attached hydrogens (tertiary/aromatic N) is 4. The van der Waals surface area contributed by atoms with Crippen molar-refractivity contribution < 1.29 is 14.3 Å². The number of anilines is 2. The molecule has 1 aliphatic rings. The minimum atomic E-state index is -0.294. The van der Waals surface area contributed by atoms with E-state index in [4.69, 9.17) is 14.5 Å². The number of hydrogen-bond donors (Lipinski definition) is 1. The molecule has 10 heteroatoms. The van der Waals surface area contributed by atoms with E-state index in [0.717, 1.165) is 44.7 Å². The van der Waals surface area contributed by atoms with Gasteiger partial charge in [-0.25, -0.2) is 9.97 Å². The van der Waals surface area contributed by atoms with E-state index in [9.17, 15) is 4.79 Å². The monoisotopic (exact) mass is 493 g/mol. The number of ether oxygens (including phenoxy) is 2. The van der Waals surface area contributed by atoms with Crippen molar-refractivity contribution in [3.63, 3.8) is 0 Å². The average Bonchev–Trinajstić information content (AvgIpc) is 3.30. The average molecular weight is 494 g/mol. The van der Waals surface area contributed by atoms with Crippen LogP contribution < -0.4 is 15.0 Å². The van der Waals surface area contributed by atoms with E-state index in [0.29, 0.717) is 24.7 Å². The van der Waals surface area contributed by atoms with Gasteiger partial charge in [0, 0.05) is 30.1 Å². The fraction of sp³-hybridized carbons (Fsp3) is 0.250. The minimum Gasteiger partial charge on any atom is -0.496 e. The molecule has 0 aliphatic carbocycles. The number of aromatic nitrogens is 3. The first-order valence-electron chi connectivity index (χ1n) is 10.8. The third kappa shape index (κ3) is 5.14. The van der Waals surface area contributed by atoms with Crippen molar-refractivity contribution in [3.8, 4) is 5.75 Å². The molecule has 2 aromatic carbocycles. The summed E-state index contributed by atoms with van der Waals surface area (Å²) < 4.78 is 12.8. The van der Waals surface area contributed by atoms with Gasteiger partial charge in [0.1, 0.15) is 17.3 Å². The molecule has 1 fully saturated rings. The lowest BCUT2D eigenvalue weighted by molar-refractivity contribution is 0.102. The van der Waals surface area contributed by atoms with Crippen LogP contribution in [0.25, 0.3) is 10.2 Å². The van der Waals surface area contributed by atoms with Crippen LogP contribution in [-0.4, -0.2) is 54.3 Å². The van der Waals surface area contributed by atoms with Gasteiger partial charge in [0.25, 0.3) is 5.91 Å². The molecule has 8 nitrogen and oxygen atoms in total. The van der Waals surface area contributed by atoms with Gasteiger partial charge in [-0.05, 0) is 24.3 Å². The molecule has 0 radical (unpaired) electrons. The van der Waals surface area contributed by atoms with Crippen LogP contribution in [0.3, 0.4) is 0 Å². The molecule has 3 heterocycles. The van der Waals surface area contributed by atoms with Crippen LogP contribution in [0.2, 0.25) is 0 Å². The summed E-state index contributed by atoms with van der Waals surface area (Å²) in [6.45, 7) is 2.76. The fourth-order valence-electron chi connectivity index (χ4n) is 3.61. The van der Waals surface area contributed by atoms with Crippen LogP contribution >= 0.6 is 23.1 Å². The Morgan fingerprint density at radius 2 is 2.03 bits per heavy atom. The molecule has 1 amide bonds. The summed E-state index contributed by atoms with van der Waals surface area (Å²) in [5.41, 5.74) is 3.00. The predicted octanol–water partition coefficient (Wildman–Crippen LogP) is 4.48. The van der Waals surface area contributed by atoms with E-state index in [-0.39, 0.29) is 11.6 Å². The third-order valence-corrected chi connectivity index (χ3v) is 7.57. The van der Waals surface area contributed by atoms with Crippen molar-refractivity contribution in [1.29, 1.82) is 0 Å². The summed E-state index contributed by atoms with van der Waals surface area (Å²) in [6.07, 6.45) is 3.16. The zero-order valence-corrected chi connectivity index (χ0v) is 20.2. The van der Waals surface area contributed by atoms with Crippen LogP contribution in [0.15, 0.2) is 59.2 Å². The Kier molecular flexibility index (Phi) is 6.89. The highest BCUT2D eigenvalue weighted by Crippen LogP contribution is 2.34. The number of morpholine rings is 1. The van der Waals surface area contributed by atoms with Gasteiger partial charge in [0.2, 0.25) is 0 Å². The van der Waals surface area contributed by atoms with E-state index in [2.05, 4.69) is 26.3 Å². The second-order valence-electron chi connectivity index (χ2n) is 7.58. The lowest BCUT2D eigenvalue weighted by Gasteiger charge is -2.27. The molecule has 0 saturated carbocycles.